The largest absolute Gasteiger partial charge is 0.340 e. The van der Waals surface area contributed by atoms with Crippen molar-refractivity contribution in [2.45, 2.75) is 20.8 Å². The van der Waals surface area contributed by atoms with Crippen molar-refractivity contribution < 1.29 is 4.79 Å². The van der Waals surface area contributed by atoms with Gasteiger partial charge in [-0.2, -0.15) is 0 Å². The highest BCUT2D eigenvalue weighted by Crippen LogP contribution is 2.12. The molecule has 0 aromatic heterocycles. The van der Waals surface area contributed by atoms with Crippen molar-refractivity contribution in [3.63, 3.8) is 0 Å². The zero-order chi connectivity index (χ0) is 12.0. The molecule has 0 saturated heterocycles. The number of likely N-dealkylation sites (N-methyl/N-ethyl adjacent to an activating group) is 1. The Balaban J connectivity index is 2.81. The van der Waals surface area contributed by atoms with E-state index in [2.05, 4.69) is 0 Å². The first-order valence-electron chi connectivity index (χ1n) is 5.71. The molecule has 0 aliphatic heterocycles. The van der Waals surface area contributed by atoms with Crippen LogP contribution >= 0.6 is 0 Å². The van der Waals surface area contributed by atoms with E-state index in [9.17, 15) is 4.79 Å². The van der Waals surface area contributed by atoms with Gasteiger partial charge < -0.3 is 4.90 Å². The summed E-state index contributed by atoms with van der Waals surface area (Å²) >= 11 is 0. The molecule has 1 aromatic carbocycles. The van der Waals surface area contributed by atoms with Crippen LogP contribution in [0.2, 0.25) is 0 Å². The lowest BCUT2D eigenvalue weighted by Crippen LogP contribution is -2.28. The second-order valence-corrected chi connectivity index (χ2v) is 3.70. The minimum Gasteiger partial charge on any atom is -0.340 e. The van der Waals surface area contributed by atoms with E-state index in [-0.39, 0.29) is 5.91 Å². The third-order valence-electron chi connectivity index (χ3n) is 2.64. The van der Waals surface area contributed by atoms with Gasteiger partial charge in [0.25, 0.3) is 0 Å². The van der Waals surface area contributed by atoms with Crippen molar-refractivity contribution in [2.75, 3.05) is 13.1 Å². The summed E-state index contributed by atoms with van der Waals surface area (Å²) in [5.74, 6) is 0.0892. The van der Waals surface area contributed by atoms with Crippen LogP contribution in [0.3, 0.4) is 0 Å². The quantitative estimate of drug-likeness (QED) is 0.710. The number of carbonyl (C=O) groups excluding carboxylic acids is 1. The molecule has 0 bridgehead atoms. The van der Waals surface area contributed by atoms with E-state index >= 15 is 0 Å². The zero-order valence-electron chi connectivity index (χ0n) is 10.2. The molecule has 0 atom stereocenters. The molecule has 0 fully saturated rings. The first kappa shape index (κ1) is 12.5. The second kappa shape index (κ2) is 6.11. The highest BCUT2D eigenvalue weighted by molar-refractivity contribution is 5.94. The van der Waals surface area contributed by atoms with Crippen LogP contribution in [0.1, 0.15) is 26.3 Å². The minimum absolute atomic E-state index is 0.0892. The van der Waals surface area contributed by atoms with E-state index < -0.39 is 0 Å². The lowest BCUT2D eigenvalue weighted by molar-refractivity contribution is -0.125. The summed E-state index contributed by atoms with van der Waals surface area (Å²) in [7, 11) is 0. The van der Waals surface area contributed by atoms with Gasteiger partial charge in [-0.15, -0.1) is 0 Å². The summed E-state index contributed by atoms with van der Waals surface area (Å²) in [5.41, 5.74) is 2.11. The van der Waals surface area contributed by atoms with Gasteiger partial charge in [0.2, 0.25) is 5.91 Å². The molecule has 2 heteroatoms. The average molecular weight is 217 g/mol. The van der Waals surface area contributed by atoms with Crippen LogP contribution in [0.15, 0.2) is 36.4 Å². The minimum atomic E-state index is 0.0892. The maximum absolute atomic E-state index is 11.8. The van der Waals surface area contributed by atoms with Crippen LogP contribution in [0.5, 0.6) is 0 Å². The molecule has 1 amide bonds. The molecule has 1 aromatic rings. The van der Waals surface area contributed by atoms with Crippen LogP contribution in [-0.4, -0.2) is 23.9 Å². The van der Waals surface area contributed by atoms with Gasteiger partial charge in [0.05, 0.1) is 0 Å². The van der Waals surface area contributed by atoms with Crippen molar-refractivity contribution in [3.8, 4) is 0 Å². The van der Waals surface area contributed by atoms with E-state index in [0.29, 0.717) is 0 Å². The summed E-state index contributed by atoms with van der Waals surface area (Å²) in [6, 6.07) is 9.97. The topological polar surface area (TPSA) is 20.3 Å². The van der Waals surface area contributed by atoms with Gasteiger partial charge in [-0.05, 0) is 31.9 Å². The Morgan fingerprint density at radius 1 is 1.19 bits per heavy atom. The number of nitrogens with zero attached hydrogens (tertiary/aromatic N) is 1. The maximum Gasteiger partial charge on any atom is 0.246 e. The normalized spacial score (nSPS) is 11.3. The number of rotatable bonds is 4. The maximum atomic E-state index is 11.8. The lowest BCUT2D eigenvalue weighted by atomic mass is 10.1. The highest BCUT2D eigenvalue weighted by Gasteiger charge is 2.06. The molecule has 0 saturated carbocycles. The molecule has 0 spiro atoms. The molecular formula is C14H19NO. The number of allylic oxidation sites excluding steroid dienone is 1. The van der Waals surface area contributed by atoms with Crippen LogP contribution in [0, 0.1) is 0 Å². The van der Waals surface area contributed by atoms with Crippen molar-refractivity contribution >= 4 is 11.5 Å². The molecule has 0 aliphatic carbocycles. The smallest absolute Gasteiger partial charge is 0.246 e. The average Bonchev–Trinajstić information content (AvgIpc) is 2.31. The monoisotopic (exact) mass is 217 g/mol. The fraction of sp³-hybridized carbons (Fsp3) is 0.357. The van der Waals surface area contributed by atoms with Crippen LogP contribution in [-0.2, 0) is 4.79 Å². The van der Waals surface area contributed by atoms with Crippen LogP contribution in [0.4, 0.5) is 0 Å². The van der Waals surface area contributed by atoms with Gasteiger partial charge in [0, 0.05) is 19.2 Å². The molecule has 2 nitrogen and oxygen atoms in total. The summed E-state index contributed by atoms with van der Waals surface area (Å²) < 4.78 is 0. The molecule has 0 N–H and O–H groups in total. The SMILES string of the molecule is CCN(CC)C(=O)C=C(C)c1ccccc1. The molecule has 1 rings (SSSR count). The number of benzene rings is 1. The Bertz CT molecular complexity index is 364. The number of hydrogen-bond donors (Lipinski definition) is 0. The Kier molecular flexibility index (Phi) is 4.77. The Morgan fingerprint density at radius 3 is 2.25 bits per heavy atom. The van der Waals surface area contributed by atoms with Crippen molar-refractivity contribution in [3.05, 3.63) is 42.0 Å². The van der Waals surface area contributed by atoms with E-state index in [0.717, 1.165) is 24.2 Å². The van der Waals surface area contributed by atoms with Gasteiger partial charge in [0.1, 0.15) is 0 Å². The lowest BCUT2D eigenvalue weighted by Gasteiger charge is -2.16. The molecule has 16 heavy (non-hydrogen) atoms. The number of carbonyl (C=O) groups is 1. The summed E-state index contributed by atoms with van der Waals surface area (Å²) in [4.78, 5) is 13.7. The number of hydrogen-bond acceptors (Lipinski definition) is 1. The fourth-order valence-electron chi connectivity index (χ4n) is 1.60. The predicted molar refractivity (Wildman–Crippen MR) is 68.0 cm³/mol. The third-order valence-corrected chi connectivity index (χ3v) is 2.64. The van der Waals surface area contributed by atoms with Crippen molar-refractivity contribution in [2.24, 2.45) is 0 Å². The van der Waals surface area contributed by atoms with E-state index in [1.807, 2.05) is 56.0 Å². The Labute approximate surface area is 97.6 Å². The first-order valence-corrected chi connectivity index (χ1v) is 5.71. The molecule has 0 aliphatic rings. The molecule has 0 radical (unpaired) electrons. The zero-order valence-corrected chi connectivity index (χ0v) is 10.2. The van der Waals surface area contributed by atoms with Crippen LogP contribution < -0.4 is 0 Å². The Hall–Kier alpha value is -1.57. The van der Waals surface area contributed by atoms with Crippen molar-refractivity contribution in [1.29, 1.82) is 0 Å². The van der Waals surface area contributed by atoms with Gasteiger partial charge >= 0.3 is 0 Å². The highest BCUT2D eigenvalue weighted by atomic mass is 16.2. The molecular weight excluding hydrogens is 198 g/mol. The second-order valence-electron chi connectivity index (χ2n) is 3.70. The predicted octanol–water partition coefficient (Wildman–Crippen LogP) is 2.96. The van der Waals surface area contributed by atoms with E-state index in [4.69, 9.17) is 0 Å². The summed E-state index contributed by atoms with van der Waals surface area (Å²) in [5, 5.41) is 0. The van der Waals surface area contributed by atoms with Gasteiger partial charge in [0.15, 0.2) is 0 Å². The van der Waals surface area contributed by atoms with Crippen molar-refractivity contribution in [1.82, 2.24) is 4.90 Å². The van der Waals surface area contributed by atoms with Gasteiger partial charge in [-0.25, -0.2) is 0 Å². The fourth-order valence-corrected chi connectivity index (χ4v) is 1.60. The third kappa shape index (κ3) is 3.23. The first-order chi connectivity index (χ1) is 7.69. The van der Waals surface area contributed by atoms with Gasteiger partial charge in [-0.1, -0.05) is 30.3 Å². The number of amides is 1. The molecule has 0 heterocycles. The summed E-state index contributed by atoms with van der Waals surface area (Å²) in [6.07, 6.45) is 1.71. The molecule has 86 valence electrons. The van der Waals surface area contributed by atoms with E-state index in [1.54, 1.807) is 6.08 Å². The summed E-state index contributed by atoms with van der Waals surface area (Å²) in [6.45, 7) is 7.47. The molecule has 0 unspecified atom stereocenters. The van der Waals surface area contributed by atoms with Crippen LogP contribution in [0.25, 0.3) is 5.57 Å². The van der Waals surface area contributed by atoms with E-state index in [1.165, 1.54) is 0 Å². The van der Waals surface area contributed by atoms with Gasteiger partial charge in [-0.3, -0.25) is 4.79 Å². The standard InChI is InChI=1S/C14H19NO/c1-4-15(5-2)14(16)11-12(3)13-9-7-6-8-10-13/h6-11H,4-5H2,1-3H3. The Morgan fingerprint density at radius 2 is 1.75 bits per heavy atom.